The number of rotatable bonds is 5. The molecule has 1 aromatic heterocycles. The van der Waals surface area contributed by atoms with E-state index in [-0.39, 0.29) is 11.7 Å². The standard InChI is InChI=1S/C11H17N5O2/c1-16(2)6-5-13-11(17)9-4-3-8(7-14-9)10(12)15-18/h3-4,7,18H,5-6H2,1-2H3,(H2,12,15)(H,13,17). The van der Waals surface area contributed by atoms with E-state index in [0.717, 1.165) is 6.54 Å². The van der Waals surface area contributed by atoms with Crippen LogP contribution in [0.4, 0.5) is 0 Å². The van der Waals surface area contributed by atoms with Gasteiger partial charge in [0.1, 0.15) is 5.69 Å². The zero-order valence-corrected chi connectivity index (χ0v) is 10.4. The van der Waals surface area contributed by atoms with Gasteiger partial charge in [0.25, 0.3) is 5.91 Å². The van der Waals surface area contributed by atoms with Crippen LogP contribution in [-0.2, 0) is 0 Å². The van der Waals surface area contributed by atoms with Crippen LogP contribution in [0.3, 0.4) is 0 Å². The van der Waals surface area contributed by atoms with Crippen LogP contribution < -0.4 is 11.1 Å². The Labute approximate surface area is 105 Å². The quantitative estimate of drug-likeness (QED) is 0.282. The highest BCUT2D eigenvalue weighted by Crippen LogP contribution is 2.00. The van der Waals surface area contributed by atoms with Gasteiger partial charge in [-0.2, -0.15) is 0 Å². The minimum absolute atomic E-state index is 0.0398. The van der Waals surface area contributed by atoms with Gasteiger partial charge < -0.3 is 21.2 Å². The molecule has 0 unspecified atom stereocenters. The van der Waals surface area contributed by atoms with Gasteiger partial charge in [0.15, 0.2) is 5.84 Å². The maximum absolute atomic E-state index is 11.7. The first-order valence-corrected chi connectivity index (χ1v) is 5.41. The molecular weight excluding hydrogens is 234 g/mol. The Morgan fingerprint density at radius 1 is 1.56 bits per heavy atom. The van der Waals surface area contributed by atoms with Gasteiger partial charge in [-0.05, 0) is 26.2 Å². The summed E-state index contributed by atoms with van der Waals surface area (Å²) < 4.78 is 0. The molecular formula is C11H17N5O2. The highest BCUT2D eigenvalue weighted by atomic mass is 16.4. The average Bonchev–Trinajstić information content (AvgIpc) is 2.37. The first-order valence-electron chi connectivity index (χ1n) is 5.41. The first kappa shape index (κ1) is 13.9. The molecule has 7 nitrogen and oxygen atoms in total. The summed E-state index contributed by atoms with van der Waals surface area (Å²) in [7, 11) is 3.85. The van der Waals surface area contributed by atoms with Crippen LogP contribution in [0.15, 0.2) is 23.5 Å². The Morgan fingerprint density at radius 2 is 2.28 bits per heavy atom. The smallest absolute Gasteiger partial charge is 0.269 e. The van der Waals surface area contributed by atoms with E-state index in [1.54, 1.807) is 6.07 Å². The summed E-state index contributed by atoms with van der Waals surface area (Å²) in [6, 6.07) is 3.10. The second-order valence-corrected chi connectivity index (χ2v) is 3.98. The second kappa shape index (κ2) is 6.55. The van der Waals surface area contributed by atoms with Crippen LogP contribution >= 0.6 is 0 Å². The van der Waals surface area contributed by atoms with E-state index in [1.807, 2.05) is 19.0 Å². The number of oxime groups is 1. The SMILES string of the molecule is CN(C)CCNC(=O)c1ccc(C(N)=NO)cn1. The predicted molar refractivity (Wildman–Crippen MR) is 67.6 cm³/mol. The number of nitrogens with one attached hydrogen (secondary N) is 1. The number of pyridine rings is 1. The molecule has 0 aliphatic rings. The Hall–Kier alpha value is -2.15. The molecule has 1 heterocycles. The van der Waals surface area contributed by atoms with Crippen molar-refractivity contribution in [2.75, 3.05) is 27.2 Å². The molecule has 0 spiro atoms. The number of hydrogen-bond donors (Lipinski definition) is 3. The van der Waals surface area contributed by atoms with Crippen LogP contribution in [0, 0.1) is 0 Å². The highest BCUT2D eigenvalue weighted by Gasteiger charge is 2.07. The summed E-state index contributed by atoms with van der Waals surface area (Å²) in [5.41, 5.74) is 6.14. The summed E-state index contributed by atoms with van der Waals surface area (Å²) in [6.45, 7) is 1.31. The third-order valence-electron chi connectivity index (χ3n) is 2.24. The summed E-state index contributed by atoms with van der Waals surface area (Å²) >= 11 is 0. The lowest BCUT2D eigenvalue weighted by molar-refractivity contribution is 0.0946. The van der Waals surface area contributed by atoms with Crippen LogP contribution in [0.1, 0.15) is 16.1 Å². The van der Waals surface area contributed by atoms with Gasteiger partial charge >= 0.3 is 0 Å². The normalized spacial score (nSPS) is 11.6. The fourth-order valence-electron chi connectivity index (χ4n) is 1.22. The van der Waals surface area contributed by atoms with Gasteiger partial charge in [-0.1, -0.05) is 5.16 Å². The Kier molecular flexibility index (Phi) is 5.06. The Morgan fingerprint density at radius 3 is 2.78 bits per heavy atom. The summed E-state index contributed by atoms with van der Waals surface area (Å²) in [5.74, 6) is -0.287. The topological polar surface area (TPSA) is 104 Å². The third kappa shape index (κ3) is 4.02. The number of carbonyl (C=O) groups is 1. The fraction of sp³-hybridized carbons (Fsp3) is 0.364. The number of amidine groups is 1. The van der Waals surface area contributed by atoms with Crippen molar-refractivity contribution in [1.82, 2.24) is 15.2 Å². The molecule has 0 aliphatic carbocycles. The number of carbonyl (C=O) groups excluding carboxylic acids is 1. The van der Waals surface area contributed by atoms with E-state index < -0.39 is 0 Å². The Bertz CT molecular complexity index is 428. The zero-order chi connectivity index (χ0) is 13.5. The van der Waals surface area contributed by atoms with Gasteiger partial charge in [0.05, 0.1) is 0 Å². The average molecular weight is 251 g/mol. The fourth-order valence-corrected chi connectivity index (χ4v) is 1.22. The van der Waals surface area contributed by atoms with Crippen molar-refractivity contribution in [3.05, 3.63) is 29.6 Å². The highest BCUT2D eigenvalue weighted by molar-refractivity contribution is 5.98. The maximum atomic E-state index is 11.7. The summed E-state index contributed by atoms with van der Waals surface area (Å²) in [5, 5.41) is 14.1. The first-order chi connectivity index (χ1) is 8.54. The number of nitrogens with zero attached hydrogens (tertiary/aromatic N) is 3. The van der Waals surface area contributed by atoms with E-state index in [4.69, 9.17) is 10.9 Å². The van der Waals surface area contributed by atoms with E-state index in [2.05, 4.69) is 15.5 Å². The van der Waals surface area contributed by atoms with Crippen LogP contribution in [0.2, 0.25) is 0 Å². The van der Waals surface area contributed by atoms with Crippen LogP contribution in [0.5, 0.6) is 0 Å². The molecule has 1 rings (SSSR count). The maximum Gasteiger partial charge on any atom is 0.269 e. The molecule has 0 atom stereocenters. The van der Waals surface area contributed by atoms with Gasteiger partial charge in [-0.15, -0.1) is 0 Å². The molecule has 1 amide bonds. The van der Waals surface area contributed by atoms with Gasteiger partial charge in [0.2, 0.25) is 0 Å². The molecule has 1 aromatic rings. The number of hydrogen-bond acceptors (Lipinski definition) is 5. The van der Waals surface area contributed by atoms with Gasteiger partial charge in [-0.25, -0.2) is 0 Å². The minimum Gasteiger partial charge on any atom is -0.409 e. The molecule has 0 fully saturated rings. The number of nitrogens with two attached hydrogens (primary N) is 1. The lowest BCUT2D eigenvalue weighted by Crippen LogP contribution is -2.31. The number of amides is 1. The van der Waals surface area contributed by atoms with E-state index in [9.17, 15) is 4.79 Å². The lowest BCUT2D eigenvalue weighted by atomic mass is 10.2. The molecule has 0 bridgehead atoms. The van der Waals surface area contributed by atoms with Crippen molar-refractivity contribution < 1.29 is 10.0 Å². The second-order valence-electron chi connectivity index (χ2n) is 3.98. The molecule has 4 N–H and O–H groups in total. The predicted octanol–water partition coefficient (Wildman–Crippen LogP) is -0.532. The van der Waals surface area contributed by atoms with Crippen molar-refractivity contribution in [1.29, 1.82) is 0 Å². The summed E-state index contributed by atoms with van der Waals surface area (Å²) in [4.78, 5) is 17.6. The van der Waals surface area contributed by atoms with Gasteiger partial charge in [0, 0.05) is 24.8 Å². The van der Waals surface area contributed by atoms with Crippen LogP contribution in [-0.4, -0.2) is 54.0 Å². The molecule has 7 heteroatoms. The van der Waals surface area contributed by atoms with Crippen LogP contribution in [0.25, 0.3) is 0 Å². The van der Waals surface area contributed by atoms with E-state index >= 15 is 0 Å². The van der Waals surface area contributed by atoms with E-state index in [0.29, 0.717) is 17.8 Å². The minimum atomic E-state index is -0.247. The van der Waals surface area contributed by atoms with E-state index in [1.165, 1.54) is 12.3 Å². The van der Waals surface area contributed by atoms with Crippen molar-refractivity contribution in [2.24, 2.45) is 10.9 Å². The van der Waals surface area contributed by atoms with Crippen molar-refractivity contribution in [3.63, 3.8) is 0 Å². The Balaban J connectivity index is 2.59. The molecule has 0 aromatic carbocycles. The molecule has 0 aliphatic heterocycles. The van der Waals surface area contributed by atoms with Gasteiger partial charge in [-0.3, -0.25) is 9.78 Å². The molecule has 98 valence electrons. The largest absolute Gasteiger partial charge is 0.409 e. The lowest BCUT2D eigenvalue weighted by Gasteiger charge is -2.10. The zero-order valence-electron chi connectivity index (χ0n) is 10.4. The molecule has 0 saturated heterocycles. The number of likely N-dealkylation sites (N-methyl/N-ethyl adjacent to an activating group) is 1. The molecule has 0 radical (unpaired) electrons. The van der Waals surface area contributed by atoms with Crippen molar-refractivity contribution in [3.8, 4) is 0 Å². The summed E-state index contributed by atoms with van der Waals surface area (Å²) in [6.07, 6.45) is 1.38. The third-order valence-corrected chi connectivity index (χ3v) is 2.24. The molecule has 18 heavy (non-hydrogen) atoms. The monoisotopic (exact) mass is 251 g/mol. The van der Waals surface area contributed by atoms with Crippen molar-refractivity contribution >= 4 is 11.7 Å². The molecule has 0 saturated carbocycles. The number of aromatic nitrogens is 1. The van der Waals surface area contributed by atoms with Crippen molar-refractivity contribution in [2.45, 2.75) is 0 Å².